The van der Waals surface area contributed by atoms with Crippen LogP contribution in [0.25, 0.3) is 0 Å². The smallest absolute Gasteiger partial charge is 0.0584 e. The Morgan fingerprint density at radius 3 is 2.22 bits per heavy atom. The number of benzene rings is 1. The number of aliphatic hydroxyl groups is 1. The van der Waals surface area contributed by atoms with Gasteiger partial charge in [0, 0.05) is 32.4 Å². The van der Waals surface area contributed by atoms with Gasteiger partial charge in [-0.3, -0.25) is 0 Å². The Morgan fingerprint density at radius 2 is 1.78 bits per heavy atom. The molecule has 0 aliphatic carbocycles. The topological polar surface area (TPSA) is 35.5 Å². The van der Waals surface area contributed by atoms with Crippen LogP contribution in [-0.2, 0) is 6.54 Å². The van der Waals surface area contributed by atoms with Crippen molar-refractivity contribution in [1.82, 2.24) is 5.32 Å². The van der Waals surface area contributed by atoms with Crippen LogP contribution in [0.2, 0.25) is 0 Å². The van der Waals surface area contributed by atoms with E-state index in [1.807, 2.05) is 14.1 Å². The molecule has 0 aromatic heterocycles. The average molecular weight is 250 g/mol. The van der Waals surface area contributed by atoms with Gasteiger partial charge in [0.05, 0.1) is 6.61 Å². The molecule has 1 aromatic rings. The van der Waals surface area contributed by atoms with Crippen LogP contribution in [0.15, 0.2) is 24.3 Å². The van der Waals surface area contributed by atoms with Crippen LogP contribution in [0.4, 0.5) is 5.69 Å². The molecular formula is C15H26N2O. The van der Waals surface area contributed by atoms with E-state index in [1.165, 1.54) is 11.3 Å². The number of nitrogens with zero attached hydrogens (tertiary/aromatic N) is 1. The van der Waals surface area contributed by atoms with E-state index in [4.69, 9.17) is 0 Å². The molecule has 0 spiro atoms. The third kappa shape index (κ3) is 5.07. The first kappa shape index (κ1) is 15.0. The van der Waals surface area contributed by atoms with Gasteiger partial charge in [-0.25, -0.2) is 0 Å². The van der Waals surface area contributed by atoms with Gasteiger partial charge in [-0.05, 0) is 30.0 Å². The molecule has 102 valence electrons. The summed E-state index contributed by atoms with van der Waals surface area (Å²) in [6.45, 7) is 5.37. The molecule has 0 saturated carbocycles. The molecule has 0 bridgehead atoms. The van der Waals surface area contributed by atoms with Crippen LogP contribution in [0.5, 0.6) is 0 Å². The van der Waals surface area contributed by atoms with Crippen LogP contribution in [0, 0.1) is 5.92 Å². The Kier molecular flexibility index (Phi) is 6.16. The highest BCUT2D eigenvalue weighted by Gasteiger charge is 2.08. The standard InChI is InChI=1S/C15H26N2O/c1-12(2)9-14(11-18)16-10-13-5-7-15(8-6-13)17(3)4/h5-8,12,14,16,18H,9-11H2,1-4H3. The Morgan fingerprint density at radius 1 is 1.17 bits per heavy atom. The van der Waals surface area contributed by atoms with Crippen molar-refractivity contribution in [3.63, 3.8) is 0 Å². The van der Waals surface area contributed by atoms with E-state index in [0.717, 1.165) is 13.0 Å². The summed E-state index contributed by atoms with van der Waals surface area (Å²) in [5, 5.41) is 12.7. The summed E-state index contributed by atoms with van der Waals surface area (Å²) < 4.78 is 0. The number of rotatable bonds is 7. The fraction of sp³-hybridized carbons (Fsp3) is 0.600. The summed E-state index contributed by atoms with van der Waals surface area (Å²) in [6.07, 6.45) is 1.01. The van der Waals surface area contributed by atoms with Crippen LogP contribution in [-0.4, -0.2) is 31.9 Å². The van der Waals surface area contributed by atoms with Gasteiger partial charge in [-0.15, -0.1) is 0 Å². The first-order chi connectivity index (χ1) is 8.52. The summed E-state index contributed by atoms with van der Waals surface area (Å²) in [5.41, 5.74) is 2.46. The molecule has 0 radical (unpaired) electrons. The first-order valence-electron chi connectivity index (χ1n) is 6.63. The predicted molar refractivity (Wildman–Crippen MR) is 77.9 cm³/mol. The highest BCUT2D eigenvalue weighted by molar-refractivity contribution is 5.45. The Bertz CT molecular complexity index is 333. The molecule has 2 N–H and O–H groups in total. The van der Waals surface area contributed by atoms with E-state index >= 15 is 0 Å². The second-order valence-electron chi connectivity index (χ2n) is 5.45. The molecule has 0 aliphatic heterocycles. The second-order valence-corrected chi connectivity index (χ2v) is 5.45. The molecule has 0 heterocycles. The van der Waals surface area contributed by atoms with Gasteiger partial charge >= 0.3 is 0 Å². The largest absolute Gasteiger partial charge is 0.395 e. The lowest BCUT2D eigenvalue weighted by Crippen LogP contribution is -2.33. The summed E-state index contributed by atoms with van der Waals surface area (Å²) in [5.74, 6) is 0.603. The monoisotopic (exact) mass is 250 g/mol. The molecule has 1 aromatic carbocycles. The second kappa shape index (κ2) is 7.39. The van der Waals surface area contributed by atoms with E-state index in [-0.39, 0.29) is 12.6 Å². The van der Waals surface area contributed by atoms with Crippen molar-refractivity contribution in [2.45, 2.75) is 32.9 Å². The van der Waals surface area contributed by atoms with E-state index < -0.39 is 0 Å². The Labute approximate surface area is 111 Å². The van der Waals surface area contributed by atoms with Gasteiger partial charge < -0.3 is 15.3 Å². The highest BCUT2D eigenvalue weighted by Crippen LogP contribution is 2.12. The number of hydrogen-bond acceptors (Lipinski definition) is 3. The quantitative estimate of drug-likeness (QED) is 0.779. The van der Waals surface area contributed by atoms with Crippen molar-refractivity contribution in [3.05, 3.63) is 29.8 Å². The average Bonchev–Trinajstić information content (AvgIpc) is 2.34. The minimum Gasteiger partial charge on any atom is -0.395 e. The molecule has 18 heavy (non-hydrogen) atoms. The fourth-order valence-electron chi connectivity index (χ4n) is 1.97. The maximum absolute atomic E-state index is 9.30. The zero-order valence-corrected chi connectivity index (χ0v) is 12.0. The van der Waals surface area contributed by atoms with Crippen LogP contribution in [0.3, 0.4) is 0 Å². The van der Waals surface area contributed by atoms with Crippen molar-refractivity contribution in [3.8, 4) is 0 Å². The first-order valence-corrected chi connectivity index (χ1v) is 6.63. The molecule has 1 atom stereocenters. The Balaban J connectivity index is 2.47. The lowest BCUT2D eigenvalue weighted by Gasteiger charge is -2.18. The summed E-state index contributed by atoms with van der Waals surface area (Å²) in [7, 11) is 4.08. The van der Waals surface area contributed by atoms with Crippen molar-refractivity contribution < 1.29 is 5.11 Å². The molecule has 0 saturated heterocycles. The number of hydrogen-bond donors (Lipinski definition) is 2. The molecule has 0 aliphatic rings. The van der Waals surface area contributed by atoms with Gasteiger partial charge in [0.1, 0.15) is 0 Å². The molecule has 0 amide bonds. The van der Waals surface area contributed by atoms with Gasteiger partial charge in [0.15, 0.2) is 0 Å². The van der Waals surface area contributed by atoms with Crippen LogP contribution >= 0.6 is 0 Å². The normalized spacial score (nSPS) is 12.8. The van der Waals surface area contributed by atoms with E-state index in [0.29, 0.717) is 5.92 Å². The summed E-state index contributed by atoms with van der Waals surface area (Å²) >= 11 is 0. The van der Waals surface area contributed by atoms with Crippen LogP contribution in [0.1, 0.15) is 25.8 Å². The fourth-order valence-corrected chi connectivity index (χ4v) is 1.97. The van der Waals surface area contributed by atoms with E-state index in [2.05, 4.69) is 48.3 Å². The van der Waals surface area contributed by atoms with E-state index in [1.54, 1.807) is 0 Å². The van der Waals surface area contributed by atoms with Gasteiger partial charge in [0.2, 0.25) is 0 Å². The van der Waals surface area contributed by atoms with Crippen molar-refractivity contribution in [2.24, 2.45) is 5.92 Å². The predicted octanol–water partition coefficient (Wildman–Crippen LogP) is 2.25. The maximum Gasteiger partial charge on any atom is 0.0584 e. The molecule has 1 rings (SSSR count). The van der Waals surface area contributed by atoms with Gasteiger partial charge in [-0.1, -0.05) is 26.0 Å². The molecule has 0 fully saturated rings. The lowest BCUT2D eigenvalue weighted by atomic mass is 10.0. The van der Waals surface area contributed by atoms with Crippen molar-refractivity contribution in [2.75, 3.05) is 25.6 Å². The SMILES string of the molecule is CC(C)CC(CO)NCc1ccc(N(C)C)cc1. The van der Waals surface area contributed by atoms with E-state index in [9.17, 15) is 5.11 Å². The Hall–Kier alpha value is -1.06. The number of anilines is 1. The van der Waals surface area contributed by atoms with Crippen molar-refractivity contribution in [1.29, 1.82) is 0 Å². The van der Waals surface area contributed by atoms with Crippen molar-refractivity contribution >= 4 is 5.69 Å². The minimum absolute atomic E-state index is 0.193. The number of aliphatic hydroxyl groups excluding tert-OH is 1. The molecule has 1 unspecified atom stereocenters. The summed E-state index contributed by atoms with van der Waals surface area (Å²) in [4.78, 5) is 2.09. The third-order valence-corrected chi connectivity index (χ3v) is 3.02. The summed E-state index contributed by atoms with van der Waals surface area (Å²) in [6, 6.07) is 8.69. The highest BCUT2D eigenvalue weighted by atomic mass is 16.3. The number of nitrogens with one attached hydrogen (secondary N) is 1. The third-order valence-electron chi connectivity index (χ3n) is 3.02. The lowest BCUT2D eigenvalue weighted by molar-refractivity contribution is 0.223. The molecular weight excluding hydrogens is 224 g/mol. The minimum atomic E-state index is 0.193. The van der Waals surface area contributed by atoms with Crippen LogP contribution < -0.4 is 10.2 Å². The maximum atomic E-state index is 9.30. The molecule has 3 nitrogen and oxygen atoms in total. The zero-order valence-electron chi connectivity index (χ0n) is 12.0. The zero-order chi connectivity index (χ0) is 13.5. The van der Waals surface area contributed by atoms with Gasteiger partial charge in [-0.2, -0.15) is 0 Å². The van der Waals surface area contributed by atoms with Gasteiger partial charge in [0.25, 0.3) is 0 Å². The molecule has 3 heteroatoms.